The van der Waals surface area contributed by atoms with E-state index < -0.39 is 24.8 Å². The van der Waals surface area contributed by atoms with E-state index in [1.165, 1.54) is 0 Å². The number of hydrogen-bond acceptors (Lipinski definition) is 4. The van der Waals surface area contributed by atoms with E-state index in [0.717, 1.165) is 21.6 Å². The highest BCUT2D eigenvalue weighted by molar-refractivity contribution is 6.30. The van der Waals surface area contributed by atoms with Crippen molar-refractivity contribution in [2.45, 2.75) is 18.6 Å². The minimum atomic E-state index is -1.25. The van der Waals surface area contributed by atoms with Crippen LogP contribution in [0.15, 0.2) is 91.3 Å². The van der Waals surface area contributed by atoms with E-state index >= 15 is 0 Å². The van der Waals surface area contributed by atoms with Crippen LogP contribution in [0, 0.1) is 0 Å². The van der Waals surface area contributed by atoms with Crippen LogP contribution in [0.2, 0.25) is 5.02 Å². The predicted molar refractivity (Wildman–Crippen MR) is 146 cm³/mol. The molecule has 2 atom stereocenters. The topological polar surface area (TPSA) is 126 Å². The van der Waals surface area contributed by atoms with Crippen LogP contribution in [0.1, 0.15) is 27.6 Å². The van der Waals surface area contributed by atoms with E-state index in [2.05, 4.69) is 10.3 Å². The Balaban J connectivity index is 1.42. The molecule has 0 saturated carbocycles. The van der Waals surface area contributed by atoms with Gasteiger partial charge in [0.05, 0.1) is 30.9 Å². The SMILES string of the molecule is O=C(Nc1ccc(C[C@@H](CO)N(C[C@@H](O)c2cccc(Cl)c2)C(=O)O)cc1)c1c[nH]cc1-c1ccccc1. The number of anilines is 1. The molecule has 8 nitrogen and oxygen atoms in total. The van der Waals surface area contributed by atoms with Crippen molar-refractivity contribution in [2.24, 2.45) is 0 Å². The average molecular weight is 534 g/mol. The van der Waals surface area contributed by atoms with Crippen molar-refractivity contribution in [1.82, 2.24) is 9.88 Å². The average Bonchev–Trinajstić information content (AvgIpc) is 3.42. The lowest BCUT2D eigenvalue weighted by atomic mass is 10.0. The molecule has 4 aromatic rings. The molecule has 0 aliphatic heterocycles. The molecule has 196 valence electrons. The maximum atomic E-state index is 12.9. The van der Waals surface area contributed by atoms with Crippen molar-refractivity contribution < 1.29 is 24.9 Å². The van der Waals surface area contributed by atoms with Gasteiger partial charge in [-0.05, 0) is 47.4 Å². The molecular weight excluding hydrogens is 506 g/mol. The van der Waals surface area contributed by atoms with Gasteiger partial charge in [0.1, 0.15) is 0 Å². The lowest BCUT2D eigenvalue weighted by molar-refractivity contribution is 0.0582. The number of nitrogens with zero attached hydrogens (tertiary/aromatic N) is 1. The third-order valence-corrected chi connectivity index (χ3v) is 6.49. The molecule has 0 aliphatic rings. The van der Waals surface area contributed by atoms with Crippen LogP contribution in [0.5, 0.6) is 0 Å². The van der Waals surface area contributed by atoms with E-state index in [9.17, 15) is 24.9 Å². The normalized spacial score (nSPS) is 12.5. The van der Waals surface area contributed by atoms with E-state index in [1.54, 1.807) is 60.9 Å². The summed E-state index contributed by atoms with van der Waals surface area (Å²) < 4.78 is 0. The fourth-order valence-electron chi connectivity index (χ4n) is 4.27. The number of aromatic amines is 1. The molecule has 38 heavy (non-hydrogen) atoms. The molecule has 1 heterocycles. The summed E-state index contributed by atoms with van der Waals surface area (Å²) >= 11 is 5.99. The van der Waals surface area contributed by atoms with Crippen LogP contribution in [0.4, 0.5) is 10.5 Å². The molecule has 0 unspecified atom stereocenters. The first-order valence-corrected chi connectivity index (χ1v) is 12.4. The number of H-pyrrole nitrogens is 1. The number of aliphatic hydroxyl groups excluding tert-OH is 2. The molecule has 3 aromatic carbocycles. The van der Waals surface area contributed by atoms with Gasteiger partial charge in [-0.15, -0.1) is 0 Å². The molecule has 5 N–H and O–H groups in total. The van der Waals surface area contributed by atoms with Crippen LogP contribution >= 0.6 is 11.6 Å². The largest absolute Gasteiger partial charge is 0.465 e. The predicted octanol–water partition coefficient (Wildman–Crippen LogP) is 5.20. The summed E-state index contributed by atoms with van der Waals surface area (Å²) in [5, 5.41) is 33.6. The first-order valence-electron chi connectivity index (χ1n) is 12.0. The standard InChI is InChI=1S/C29H28ClN3O5/c30-22-8-4-7-21(14-22)27(35)17-33(29(37)38)24(18-34)13-19-9-11-23(12-10-19)32-28(36)26-16-31-15-25(26)20-5-2-1-3-6-20/h1-12,14-16,24,27,31,34-35H,13,17-18H2,(H,32,36)(H,37,38)/t24-,27+/m0/s1. The first-order chi connectivity index (χ1) is 18.4. The number of amides is 2. The quantitative estimate of drug-likeness (QED) is 0.191. The summed E-state index contributed by atoms with van der Waals surface area (Å²) in [5.41, 5.74) is 4.05. The van der Waals surface area contributed by atoms with Crippen molar-refractivity contribution in [3.8, 4) is 11.1 Å². The fourth-order valence-corrected chi connectivity index (χ4v) is 4.46. The minimum Gasteiger partial charge on any atom is -0.465 e. The molecule has 0 spiro atoms. The molecule has 2 amide bonds. The summed E-state index contributed by atoms with van der Waals surface area (Å²) in [4.78, 5) is 28.9. The van der Waals surface area contributed by atoms with Crippen LogP contribution in [-0.4, -0.2) is 56.4 Å². The Kier molecular flexibility index (Phi) is 8.81. The van der Waals surface area contributed by atoms with Gasteiger partial charge in [-0.1, -0.05) is 66.2 Å². The molecule has 0 radical (unpaired) electrons. The van der Waals surface area contributed by atoms with Gasteiger partial charge >= 0.3 is 6.09 Å². The smallest absolute Gasteiger partial charge is 0.407 e. The van der Waals surface area contributed by atoms with Crippen LogP contribution < -0.4 is 5.32 Å². The summed E-state index contributed by atoms with van der Waals surface area (Å²) in [6.07, 6.45) is 1.28. The van der Waals surface area contributed by atoms with Crippen LogP contribution in [0.25, 0.3) is 11.1 Å². The summed E-state index contributed by atoms with van der Waals surface area (Å²) in [5.74, 6) is -0.266. The van der Waals surface area contributed by atoms with Crippen molar-refractivity contribution in [3.63, 3.8) is 0 Å². The zero-order valence-electron chi connectivity index (χ0n) is 20.4. The number of benzene rings is 3. The number of nitrogens with one attached hydrogen (secondary N) is 2. The highest BCUT2D eigenvalue weighted by atomic mass is 35.5. The number of hydrogen-bond donors (Lipinski definition) is 5. The zero-order chi connectivity index (χ0) is 27.1. The number of aromatic nitrogens is 1. The summed E-state index contributed by atoms with van der Waals surface area (Å²) in [6, 6.07) is 22.4. The van der Waals surface area contributed by atoms with Gasteiger partial charge in [0, 0.05) is 28.7 Å². The summed E-state index contributed by atoms with van der Waals surface area (Å²) in [6.45, 7) is -0.655. The lowest BCUT2D eigenvalue weighted by Gasteiger charge is -2.30. The molecule has 9 heteroatoms. The van der Waals surface area contributed by atoms with Crippen molar-refractivity contribution in [1.29, 1.82) is 0 Å². The Bertz CT molecular complexity index is 1370. The van der Waals surface area contributed by atoms with E-state index in [0.29, 0.717) is 21.8 Å². The maximum absolute atomic E-state index is 12.9. The number of carbonyl (C=O) groups excluding carboxylic acids is 1. The Morgan fingerprint density at radius 3 is 2.37 bits per heavy atom. The highest BCUT2D eigenvalue weighted by Crippen LogP contribution is 2.25. The van der Waals surface area contributed by atoms with Crippen LogP contribution in [-0.2, 0) is 6.42 Å². The van der Waals surface area contributed by atoms with E-state index in [4.69, 9.17) is 11.6 Å². The molecular formula is C29H28ClN3O5. The van der Waals surface area contributed by atoms with Crippen molar-refractivity contribution in [3.05, 3.63) is 113 Å². The van der Waals surface area contributed by atoms with E-state index in [-0.39, 0.29) is 18.9 Å². The Morgan fingerprint density at radius 2 is 1.71 bits per heavy atom. The van der Waals surface area contributed by atoms with Gasteiger partial charge in [0.25, 0.3) is 5.91 Å². The third kappa shape index (κ3) is 6.60. The Morgan fingerprint density at radius 1 is 0.974 bits per heavy atom. The highest BCUT2D eigenvalue weighted by Gasteiger charge is 2.26. The number of rotatable bonds is 10. The molecule has 0 aliphatic carbocycles. The summed E-state index contributed by atoms with van der Waals surface area (Å²) in [7, 11) is 0. The van der Waals surface area contributed by atoms with Gasteiger partial charge in [0.15, 0.2) is 0 Å². The lowest BCUT2D eigenvalue weighted by Crippen LogP contribution is -2.45. The minimum absolute atomic E-state index is 0.218. The van der Waals surface area contributed by atoms with Crippen molar-refractivity contribution >= 4 is 29.3 Å². The number of carbonyl (C=O) groups is 2. The fraction of sp³-hybridized carbons (Fsp3) is 0.172. The second-order valence-corrected chi connectivity index (χ2v) is 9.28. The van der Waals surface area contributed by atoms with Crippen molar-refractivity contribution in [2.75, 3.05) is 18.5 Å². The second kappa shape index (κ2) is 12.4. The first kappa shape index (κ1) is 26.9. The number of halogens is 1. The van der Waals surface area contributed by atoms with E-state index in [1.807, 2.05) is 30.3 Å². The molecule has 1 aromatic heterocycles. The van der Waals surface area contributed by atoms with Crippen LogP contribution in [0.3, 0.4) is 0 Å². The number of carboxylic acid groups (broad SMARTS) is 1. The molecule has 4 rings (SSSR count). The number of aliphatic hydroxyl groups is 2. The Labute approximate surface area is 225 Å². The molecule has 0 saturated heterocycles. The van der Waals surface area contributed by atoms with Gasteiger partial charge in [-0.2, -0.15) is 0 Å². The third-order valence-electron chi connectivity index (χ3n) is 6.26. The van der Waals surface area contributed by atoms with Gasteiger partial charge in [-0.3, -0.25) is 9.69 Å². The van der Waals surface area contributed by atoms with Gasteiger partial charge in [-0.25, -0.2) is 4.79 Å². The zero-order valence-corrected chi connectivity index (χ0v) is 21.2. The Hall–Kier alpha value is -4.11. The van der Waals surface area contributed by atoms with Gasteiger partial charge < -0.3 is 25.6 Å². The molecule has 0 fully saturated rings. The molecule has 0 bridgehead atoms. The van der Waals surface area contributed by atoms with Gasteiger partial charge in [0.2, 0.25) is 0 Å². The second-order valence-electron chi connectivity index (χ2n) is 8.85. The maximum Gasteiger partial charge on any atom is 0.407 e. The monoisotopic (exact) mass is 533 g/mol.